The molecule has 0 atom stereocenters. The molecule has 0 aliphatic heterocycles. The highest BCUT2D eigenvalue weighted by Crippen LogP contribution is 2.19. The lowest BCUT2D eigenvalue weighted by Crippen LogP contribution is -2.28. The van der Waals surface area contributed by atoms with E-state index in [1.165, 1.54) is 0 Å². The van der Waals surface area contributed by atoms with Gasteiger partial charge in [0.2, 0.25) is 5.78 Å². The number of hydrogen-bond donors (Lipinski definition) is 0. The Balaban J connectivity index is 3.99. The second-order valence-corrected chi connectivity index (χ2v) is 2.03. The smallest absolute Gasteiger partial charge is 0.355 e. The van der Waals surface area contributed by atoms with Gasteiger partial charge in [0.1, 0.15) is 0 Å². The average molecular weight is 186 g/mol. The van der Waals surface area contributed by atoms with Gasteiger partial charge in [-0.1, -0.05) is 0 Å². The fraction of sp³-hybridized carbons (Fsp3) is 0.833. The Morgan fingerprint density at radius 2 is 1.75 bits per heavy atom. The molecular weight excluding hydrogens is 177 g/mol. The Bertz CT molecular complexity index is 151. The quantitative estimate of drug-likeness (QED) is 0.617. The summed E-state index contributed by atoms with van der Waals surface area (Å²) in [5.74, 6) is -1.85. The van der Waals surface area contributed by atoms with Crippen molar-refractivity contribution in [3.63, 3.8) is 0 Å². The van der Waals surface area contributed by atoms with Gasteiger partial charge in [-0.2, -0.15) is 13.2 Å². The molecule has 0 aromatic rings. The zero-order valence-electron chi connectivity index (χ0n) is 6.64. The molecule has 0 amide bonds. The predicted octanol–water partition coefficient (Wildman–Crippen LogP) is 1.13. The minimum absolute atomic E-state index is 0.809. The summed E-state index contributed by atoms with van der Waals surface area (Å²) in [7, 11) is 2.33. The van der Waals surface area contributed by atoms with Gasteiger partial charge >= 0.3 is 6.18 Å². The van der Waals surface area contributed by atoms with Crippen LogP contribution in [0, 0.1) is 0 Å². The Labute approximate surface area is 67.4 Å². The first-order valence-electron chi connectivity index (χ1n) is 3.07. The van der Waals surface area contributed by atoms with E-state index in [0.717, 1.165) is 14.2 Å². The summed E-state index contributed by atoms with van der Waals surface area (Å²) in [5, 5.41) is 0. The molecule has 0 aliphatic rings. The van der Waals surface area contributed by atoms with Crippen LogP contribution in [0.1, 0.15) is 6.42 Å². The monoisotopic (exact) mass is 186 g/mol. The molecule has 0 unspecified atom stereocenters. The summed E-state index contributed by atoms with van der Waals surface area (Å²) in [6, 6.07) is 0. The molecule has 0 saturated heterocycles. The number of rotatable bonds is 4. The van der Waals surface area contributed by atoms with Crippen molar-refractivity contribution in [1.82, 2.24) is 0 Å². The molecule has 0 radical (unpaired) electrons. The molecule has 0 saturated carbocycles. The summed E-state index contributed by atoms with van der Waals surface area (Å²) >= 11 is 0. The van der Waals surface area contributed by atoms with Crippen molar-refractivity contribution in [2.45, 2.75) is 18.9 Å². The van der Waals surface area contributed by atoms with Crippen molar-refractivity contribution in [2.24, 2.45) is 0 Å². The van der Waals surface area contributed by atoms with Crippen LogP contribution in [-0.4, -0.2) is 32.5 Å². The third kappa shape index (κ3) is 3.68. The number of carbonyl (C=O) groups excluding carboxylic acids is 1. The lowest BCUT2D eigenvalue weighted by atomic mass is 10.3. The van der Waals surface area contributed by atoms with E-state index in [9.17, 15) is 18.0 Å². The maximum absolute atomic E-state index is 11.6. The first kappa shape index (κ1) is 11.4. The second-order valence-electron chi connectivity index (χ2n) is 2.03. The Kier molecular flexibility index (Phi) is 4.19. The largest absolute Gasteiger partial charge is 0.450 e. The third-order valence-corrected chi connectivity index (χ3v) is 1.19. The van der Waals surface area contributed by atoms with Gasteiger partial charge in [0.25, 0.3) is 0 Å². The highest BCUT2D eigenvalue weighted by molar-refractivity contribution is 5.84. The molecule has 0 aliphatic carbocycles. The molecule has 6 heteroatoms. The van der Waals surface area contributed by atoms with E-state index in [2.05, 4.69) is 9.47 Å². The van der Waals surface area contributed by atoms with E-state index in [4.69, 9.17) is 0 Å². The number of ether oxygens (including phenoxy) is 2. The van der Waals surface area contributed by atoms with Crippen LogP contribution in [0.5, 0.6) is 0 Å². The number of methoxy groups -OCH3 is 2. The van der Waals surface area contributed by atoms with Crippen LogP contribution in [0.15, 0.2) is 0 Å². The van der Waals surface area contributed by atoms with E-state index >= 15 is 0 Å². The summed E-state index contributed by atoms with van der Waals surface area (Å²) < 4.78 is 43.7. The number of ketones is 1. The Hall–Kier alpha value is -0.620. The third-order valence-electron chi connectivity index (χ3n) is 1.19. The van der Waals surface area contributed by atoms with Crippen LogP contribution in [0.2, 0.25) is 0 Å². The van der Waals surface area contributed by atoms with Crippen molar-refractivity contribution < 1.29 is 27.4 Å². The molecule has 0 N–H and O–H groups in total. The van der Waals surface area contributed by atoms with E-state index in [0.29, 0.717) is 0 Å². The highest BCUT2D eigenvalue weighted by Gasteiger charge is 2.39. The topological polar surface area (TPSA) is 35.5 Å². The number of Topliss-reactive ketones (excluding diaryl/α,β-unsaturated/α-hetero) is 1. The Morgan fingerprint density at radius 3 is 2.00 bits per heavy atom. The van der Waals surface area contributed by atoms with Gasteiger partial charge in [0.15, 0.2) is 6.29 Å². The summed E-state index contributed by atoms with van der Waals surface area (Å²) in [4.78, 5) is 10.3. The lowest BCUT2D eigenvalue weighted by molar-refractivity contribution is -0.182. The molecule has 12 heavy (non-hydrogen) atoms. The lowest BCUT2D eigenvalue weighted by Gasteiger charge is -2.12. The summed E-state index contributed by atoms with van der Waals surface area (Å²) in [6.45, 7) is 0. The van der Waals surface area contributed by atoms with Gasteiger partial charge in [-0.3, -0.25) is 4.79 Å². The highest BCUT2D eigenvalue weighted by atomic mass is 19.4. The van der Waals surface area contributed by atoms with Crippen LogP contribution < -0.4 is 0 Å². The van der Waals surface area contributed by atoms with Crippen LogP contribution in [0.3, 0.4) is 0 Å². The molecule has 0 aromatic carbocycles. The molecule has 0 bridgehead atoms. The standard InChI is InChI=1S/C6H9F3O3/c1-11-5(12-2)3-4(10)6(7,8)9/h5H,3H2,1-2H3. The number of hydrogen-bond acceptors (Lipinski definition) is 3. The zero-order chi connectivity index (χ0) is 9.78. The predicted molar refractivity (Wildman–Crippen MR) is 33.5 cm³/mol. The van der Waals surface area contributed by atoms with Crippen molar-refractivity contribution in [2.75, 3.05) is 14.2 Å². The maximum Gasteiger partial charge on any atom is 0.450 e. The van der Waals surface area contributed by atoms with Gasteiger partial charge in [0, 0.05) is 14.2 Å². The second kappa shape index (κ2) is 4.42. The minimum Gasteiger partial charge on any atom is -0.355 e. The molecule has 3 nitrogen and oxygen atoms in total. The average Bonchev–Trinajstić information content (AvgIpc) is 1.97. The van der Waals surface area contributed by atoms with Gasteiger partial charge in [0.05, 0.1) is 6.42 Å². The number of alkyl halides is 3. The van der Waals surface area contributed by atoms with Crippen molar-refractivity contribution in [3.8, 4) is 0 Å². The van der Waals surface area contributed by atoms with Crippen molar-refractivity contribution in [1.29, 1.82) is 0 Å². The van der Waals surface area contributed by atoms with Gasteiger partial charge in [-0.05, 0) is 0 Å². The van der Waals surface area contributed by atoms with Gasteiger partial charge < -0.3 is 9.47 Å². The van der Waals surface area contributed by atoms with Crippen LogP contribution in [0.25, 0.3) is 0 Å². The van der Waals surface area contributed by atoms with Gasteiger partial charge in [-0.25, -0.2) is 0 Å². The van der Waals surface area contributed by atoms with E-state index in [1.54, 1.807) is 0 Å². The van der Waals surface area contributed by atoms with Gasteiger partial charge in [-0.15, -0.1) is 0 Å². The molecule has 0 spiro atoms. The summed E-state index contributed by atoms with van der Waals surface area (Å²) in [5.41, 5.74) is 0. The molecule has 0 aromatic heterocycles. The molecular formula is C6H9F3O3. The number of halogens is 3. The van der Waals surface area contributed by atoms with E-state index in [1.807, 2.05) is 0 Å². The number of carbonyl (C=O) groups is 1. The normalized spacial score (nSPS) is 12.2. The van der Waals surface area contributed by atoms with E-state index < -0.39 is 24.7 Å². The zero-order valence-corrected chi connectivity index (χ0v) is 6.64. The molecule has 72 valence electrons. The SMILES string of the molecule is COC(CC(=O)C(F)(F)F)OC. The minimum atomic E-state index is -4.81. The van der Waals surface area contributed by atoms with Crippen LogP contribution >= 0.6 is 0 Å². The first-order chi connectivity index (χ1) is 5.41. The van der Waals surface area contributed by atoms with Crippen molar-refractivity contribution in [3.05, 3.63) is 0 Å². The fourth-order valence-corrected chi connectivity index (χ4v) is 0.530. The maximum atomic E-state index is 11.6. The van der Waals surface area contributed by atoms with Crippen molar-refractivity contribution >= 4 is 5.78 Å². The fourth-order valence-electron chi connectivity index (χ4n) is 0.530. The Morgan fingerprint density at radius 1 is 1.33 bits per heavy atom. The molecule has 0 heterocycles. The van der Waals surface area contributed by atoms with Crippen LogP contribution in [0.4, 0.5) is 13.2 Å². The first-order valence-corrected chi connectivity index (χ1v) is 3.07. The molecule has 0 fully saturated rings. The molecule has 0 rings (SSSR count). The van der Waals surface area contributed by atoms with Crippen LogP contribution in [-0.2, 0) is 14.3 Å². The summed E-state index contributed by atoms with van der Waals surface area (Å²) in [6.07, 6.45) is -6.75. The van der Waals surface area contributed by atoms with E-state index in [-0.39, 0.29) is 0 Å².